The van der Waals surface area contributed by atoms with Crippen molar-refractivity contribution in [1.82, 2.24) is 9.97 Å². The second-order valence-corrected chi connectivity index (χ2v) is 10.3. The van der Waals surface area contributed by atoms with Gasteiger partial charge in [0, 0.05) is 39.6 Å². The Labute approximate surface area is 258 Å². The minimum atomic E-state index is -0.360. The van der Waals surface area contributed by atoms with Gasteiger partial charge in [-0.25, -0.2) is 4.90 Å². The smallest absolute Gasteiger partial charge is 0.266 e. The number of fused-ring (bicyclic) bond motifs is 3. The summed E-state index contributed by atoms with van der Waals surface area (Å²) in [6, 6.07) is 29.7. The second-order valence-electron chi connectivity index (χ2n) is 9.45. The van der Waals surface area contributed by atoms with Crippen molar-refractivity contribution < 1.29 is 9.59 Å². The summed E-state index contributed by atoms with van der Waals surface area (Å²) in [5, 5.41) is 6.62. The highest BCUT2D eigenvalue weighted by Gasteiger charge is 2.37. The molecule has 4 aromatic carbocycles. The van der Waals surface area contributed by atoms with Gasteiger partial charge in [0.2, 0.25) is 0 Å². The van der Waals surface area contributed by atoms with Gasteiger partial charge in [-0.05, 0) is 73.2 Å². The number of nitrogens with one attached hydrogen (secondary N) is 1. The molecule has 42 heavy (non-hydrogen) atoms. The molecule has 0 radical (unpaired) electrons. The van der Waals surface area contributed by atoms with Crippen molar-refractivity contribution in [2.75, 3.05) is 10.2 Å². The molecule has 0 aliphatic carbocycles. The fraction of sp³-hybridized carbons (Fsp3) is 0.0303. The van der Waals surface area contributed by atoms with Crippen LogP contribution in [0.3, 0.4) is 0 Å². The molecule has 1 aliphatic rings. The van der Waals surface area contributed by atoms with Gasteiger partial charge in [0.15, 0.2) is 0 Å². The summed E-state index contributed by atoms with van der Waals surface area (Å²) in [5.41, 5.74) is 5.70. The Morgan fingerprint density at radius 2 is 1.33 bits per heavy atom. The van der Waals surface area contributed by atoms with E-state index >= 15 is 0 Å². The number of para-hydroxylation sites is 2. The Hall–Kier alpha value is -4.49. The van der Waals surface area contributed by atoms with Crippen LogP contribution < -0.4 is 10.2 Å². The molecular weight excluding hydrogens is 591 g/mol. The first kappa shape index (κ1) is 29.0. The number of aromatic nitrogens is 2. The van der Waals surface area contributed by atoms with Crippen molar-refractivity contribution >= 4 is 86.3 Å². The molecule has 208 valence electrons. The number of halogens is 3. The van der Waals surface area contributed by atoms with Crippen molar-refractivity contribution in [1.29, 1.82) is 0 Å². The average molecular weight is 614 g/mol. The molecule has 9 heteroatoms. The summed E-state index contributed by atoms with van der Waals surface area (Å²) in [6.45, 7) is 1.88. The van der Waals surface area contributed by atoms with Crippen LogP contribution in [0.2, 0.25) is 10.0 Å². The molecule has 2 aromatic heterocycles. The highest BCUT2D eigenvalue weighted by Crippen LogP contribution is 2.34. The molecule has 0 bridgehead atoms. The average Bonchev–Trinajstić information content (AvgIpc) is 3.22. The lowest BCUT2D eigenvalue weighted by Crippen LogP contribution is -2.30. The van der Waals surface area contributed by atoms with Gasteiger partial charge in [0.05, 0.1) is 32.9 Å². The number of imide groups is 1. The van der Waals surface area contributed by atoms with Crippen LogP contribution in [0.25, 0.3) is 21.8 Å². The molecule has 7 rings (SSSR count). The lowest BCUT2D eigenvalue weighted by Gasteiger charge is -2.18. The molecule has 6 nitrogen and oxygen atoms in total. The van der Waals surface area contributed by atoms with Crippen molar-refractivity contribution in [3.63, 3.8) is 0 Å². The predicted molar refractivity (Wildman–Crippen MR) is 173 cm³/mol. The molecule has 0 saturated heterocycles. The lowest BCUT2D eigenvalue weighted by atomic mass is 10.1. The zero-order valence-electron chi connectivity index (χ0n) is 22.2. The van der Waals surface area contributed by atoms with E-state index in [-0.39, 0.29) is 24.2 Å². The second kappa shape index (κ2) is 12.2. The number of benzene rings is 4. The number of pyridine rings is 2. The first-order chi connectivity index (χ1) is 19.9. The predicted octanol–water partition coefficient (Wildman–Crippen LogP) is 9.05. The summed E-state index contributed by atoms with van der Waals surface area (Å²) in [5.74, 6) is -0.697. The van der Waals surface area contributed by atoms with Gasteiger partial charge in [0.1, 0.15) is 0 Å². The van der Waals surface area contributed by atoms with Crippen LogP contribution in [0.1, 0.15) is 26.3 Å². The Balaban J connectivity index is 0.000000247. The number of aryl methyl sites for hydroxylation is 1. The first-order valence-electron chi connectivity index (χ1n) is 12.8. The number of anilines is 3. The first-order valence-corrected chi connectivity index (χ1v) is 13.6. The summed E-state index contributed by atoms with van der Waals surface area (Å²) in [6.07, 6.45) is 3.47. The SMILES string of the molecule is Cc1cc(Nc2ccnc3ccccc23)ccc1N1C(=O)c2ccc(Cl)cc2C1=O.Cl.Clc1ccnc2ccccc12. The van der Waals surface area contributed by atoms with Gasteiger partial charge in [-0.2, -0.15) is 0 Å². The maximum absolute atomic E-state index is 12.9. The molecule has 1 N–H and O–H groups in total. The normalized spacial score (nSPS) is 12.0. The van der Waals surface area contributed by atoms with Crippen molar-refractivity contribution in [2.45, 2.75) is 6.92 Å². The van der Waals surface area contributed by atoms with Gasteiger partial charge < -0.3 is 5.32 Å². The highest BCUT2D eigenvalue weighted by atomic mass is 35.5. The molecule has 0 fully saturated rings. The third kappa shape index (κ3) is 5.52. The third-order valence-corrected chi connectivity index (χ3v) is 7.37. The number of amides is 2. The monoisotopic (exact) mass is 612 g/mol. The van der Waals surface area contributed by atoms with Crippen LogP contribution in [0.4, 0.5) is 17.1 Å². The Morgan fingerprint density at radius 1 is 0.690 bits per heavy atom. The molecular formula is C33H23Cl3N4O2. The standard InChI is InChI=1S/C24H16ClN3O2.C9H6ClN.ClH/c1-14-12-16(27-21-10-11-26-20-5-3-2-4-18(20)21)7-9-22(14)28-23(29)17-8-6-15(25)13-19(17)24(28)30;10-8-5-6-11-9-4-2-1-3-7(8)9;/h2-13H,1H3,(H,26,27);1-6H;1H. The van der Waals surface area contributed by atoms with Gasteiger partial charge in [-0.3, -0.25) is 19.6 Å². The largest absolute Gasteiger partial charge is 0.355 e. The number of hydrogen-bond donors (Lipinski definition) is 1. The summed E-state index contributed by atoms with van der Waals surface area (Å²) in [7, 11) is 0. The summed E-state index contributed by atoms with van der Waals surface area (Å²) in [4.78, 5) is 35.4. The van der Waals surface area contributed by atoms with E-state index in [1.165, 1.54) is 11.0 Å². The summed E-state index contributed by atoms with van der Waals surface area (Å²) < 4.78 is 0. The fourth-order valence-electron chi connectivity index (χ4n) is 4.84. The van der Waals surface area contributed by atoms with Gasteiger partial charge in [-0.1, -0.05) is 59.6 Å². The Morgan fingerprint density at radius 3 is 2.05 bits per heavy atom. The topological polar surface area (TPSA) is 75.2 Å². The quantitative estimate of drug-likeness (QED) is 0.202. The van der Waals surface area contributed by atoms with E-state index in [0.717, 1.165) is 43.8 Å². The molecule has 2 amide bonds. The zero-order valence-corrected chi connectivity index (χ0v) is 24.5. The van der Waals surface area contributed by atoms with Gasteiger partial charge in [-0.15, -0.1) is 12.4 Å². The number of rotatable bonds is 3. The van der Waals surface area contributed by atoms with E-state index in [9.17, 15) is 9.59 Å². The van der Waals surface area contributed by atoms with E-state index in [4.69, 9.17) is 23.2 Å². The van der Waals surface area contributed by atoms with Crippen LogP contribution >= 0.6 is 35.6 Å². The van der Waals surface area contributed by atoms with Crippen LogP contribution in [0, 0.1) is 6.92 Å². The minimum Gasteiger partial charge on any atom is -0.355 e. The minimum absolute atomic E-state index is 0. The van der Waals surface area contributed by atoms with E-state index < -0.39 is 0 Å². The zero-order chi connectivity index (χ0) is 28.5. The van der Waals surface area contributed by atoms with Crippen LogP contribution in [-0.4, -0.2) is 21.8 Å². The molecule has 0 spiro atoms. The van der Waals surface area contributed by atoms with Crippen molar-refractivity contribution in [3.8, 4) is 0 Å². The molecule has 1 aliphatic heterocycles. The van der Waals surface area contributed by atoms with Crippen molar-refractivity contribution in [2.24, 2.45) is 0 Å². The number of hydrogen-bond acceptors (Lipinski definition) is 5. The Kier molecular flexibility index (Phi) is 8.41. The maximum atomic E-state index is 12.9. The maximum Gasteiger partial charge on any atom is 0.266 e. The highest BCUT2D eigenvalue weighted by molar-refractivity contribution is 6.37. The number of nitrogens with zero attached hydrogens (tertiary/aromatic N) is 3. The third-order valence-electron chi connectivity index (χ3n) is 6.81. The Bertz CT molecular complexity index is 1970. The molecule has 0 atom stereocenters. The van der Waals surface area contributed by atoms with Gasteiger partial charge in [0.25, 0.3) is 11.8 Å². The summed E-state index contributed by atoms with van der Waals surface area (Å²) >= 11 is 11.9. The van der Waals surface area contributed by atoms with E-state index in [0.29, 0.717) is 21.8 Å². The fourth-order valence-corrected chi connectivity index (χ4v) is 5.23. The number of carbonyl (C=O) groups is 2. The lowest BCUT2D eigenvalue weighted by molar-refractivity contribution is 0.0926. The van der Waals surface area contributed by atoms with Crippen LogP contribution in [0.15, 0.2) is 109 Å². The van der Waals surface area contributed by atoms with Crippen LogP contribution in [-0.2, 0) is 0 Å². The van der Waals surface area contributed by atoms with E-state index in [1.807, 2.05) is 73.7 Å². The van der Waals surface area contributed by atoms with Crippen LogP contribution in [0.5, 0.6) is 0 Å². The molecule has 6 aromatic rings. The molecule has 0 unspecified atom stereocenters. The van der Waals surface area contributed by atoms with E-state index in [1.54, 1.807) is 36.7 Å². The molecule has 0 saturated carbocycles. The number of carbonyl (C=O) groups excluding carboxylic acids is 2. The van der Waals surface area contributed by atoms with E-state index in [2.05, 4.69) is 15.3 Å². The molecule has 3 heterocycles. The van der Waals surface area contributed by atoms with Crippen molar-refractivity contribution in [3.05, 3.63) is 136 Å². The van der Waals surface area contributed by atoms with Gasteiger partial charge >= 0.3 is 0 Å².